The molecule has 2 heterocycles. The largest absolute Gasteiger partial charge is 0.292 e. The first-order chi connectivity index (χ1) is 21.3. The molecule has 43 heavy (non-hydrogen) atoms. The van der Waals surface area contributed by atoms with Crippen LogP contribution in [0.1, 0.15) is 0 Å². The van der Waals surface area contributed by atoms with Gasteiger partial charge in [-0.1, -0.05) is 109 Å². The Morgan fingerprint density at radius 3 is 1.86 bits per heavy atom. The van der Waals surface area contributed by atoms with Gasteiger partial charge in [-0.15, -0.1) is 0 Å². The molecule has 3 nitrogen and oxygen atoms in total. The fraction of sp³-hybridized carbons (Fsp3) is 0. The third-order valence-corrected chi connectivity index (χ3v) is 9.06. The maximum Gasteiger partial charge on any atom is 0.165 e. The molecule has 0 bridgehead atoms. The highest BCUT2D eigenvalue weighted by molar-refractivity contribution is 6.40. The Labute approximate surface area is 247 Å². The summed E-state index contributed by atoms with van der Waals surface area (Å²) >= 11 is 0. The van der Waals surface area contributed by atoms with E-state index in [0.717, 1.165) is 39.1 Å². The fourth-order valence-electron chi connectivity index (χ4n) is 7.22. The summed E-state index contributed by atoms with van der Waals surface area (Å²) in [4.78, 5) is 10.6. The van der Waals surface area contributed by atoms with Crippen LogP contribution < -0.4 is 0 Å². The summed E-state index contributed by atoms with van der Waals surface area (Å²) in [5.74, 6) is 0.846. The number of hydrogen-bond acceptors (Lipinski definition) is 2. The predicted molar refractivity (Wildman–Crippen MR) is 180 cm³/mol. The van der Waals surface area contributed by atoms with Gasteiger partial charge in [-0.3, -0.25) is 4.57 Å². The number of rotatable bonds is 3. The summed E-state index contributed by atoms with van der Waals surface area (Å²) in [6, 6.07) is 49.8. The molecule has 2 aromatic heterocycles. The van der Waals surface area contributed by atoms with Crippen molar-refractivity contribution in [1.82, 2.24) is 14.5 Å². The monoisotopic (exact) mass is 545 g/mol. The molecule has 0 amide bonds. The van der Waals surface area contributed by atoms with Crippen molar-refractivity contribution in [3.63, 3.8) is 0 Å². The Balaban J connectivity index is 1.47. The second-order valence-corrected chi connectivity index (χ2v) is 11.4. The molecule has 0 N–H and O–H groups in total. The zero-order chi connectivity index (χ0) is 28.1. The van der Waals surface area contributed by atoms with Crippen molar-refractivity contribution in [2.75, 3.05) is 0 Å². The number of benzene rings is 8. The molecule has 10 aromatic rings. The van der Waals surface area contributed by atoms with E-state index in [1.165, 1.54) is 54.2 Å². The number of hydrogen-bond donors (Lipinski definition) is 0. The van der Waals surface area contributed by atoms with Gasteiger partial charge in [0.05, 0.1) is 22.1 Å². The predicted octanol–water partition coefficient (Wildman–Crippen LogP) is 10.4. The van der Waals surface area contributed by atoms with E-state index in [4.69, 9.17) is 9.97 Å². The second-order valence-electron chi connectivity index (χ2n) is 11.4. The average molecular weight is 546 g/mol. The minimum Gasteiger partial charge on any atom is -0.292 e. The molecule has 0 radical (unpaired) electrons. The molecule has 0 aliphatic rings. The van der Waals surface area contributed by atoms with Crippen molar-refractivity contribution in [2.45, 2.75) is 0 Å². The molecule has 0 aliphatic heterocycles. The minimum atomic E-state index is 0.846. The third-order valence-electron chi connectivity index (χ3n) is 9.06. The van der Waals surface area contributed by atoms with Crippen molar-refractivity contribution in [1.29, 1.82) is 0 Å². The number of nitrogens with zero attached hydrogens (tertiary/aromatic N) is 3. The summed E-state index contributed by atoms with van der Waals surface area (Å²) in [6.45, 7) is 0. The number of para-hydroxylation sites is 2. The normalized spacial score (nSPS) is 12.2. The Bertz CT molecular complexity index is 2650. The molecule has 198 valence electrons. The topological polar surface area (TPSA) is 30.7 Å². The smallest absolute Gasteiger partial charge is 0.165 e. The van der Waals surface area contributed by atoms with Gasteiger partial charge in [0.25, 0.3) is 0 Å². The summed E-state index contributed by atoms with van der Waals surface area (Å²) in [7, 11) is 0. The SMILES string of the molecule is c1ccc(-c2cc3c4cccc5ccc6ccc7c(c6c54)c3c(c2)n7-c2nc3ccccc3nc2-c2ccccc2)cc1. The van der Waals surface area contributed by atoms with E-state index < -0.39 is 0 Å². The van der Waals surface area contributed by atoms with Crippen LogP contribution in [0.5, 0.6) is 0 Å². The zero-order valence-electron chi connectivity index (χ0n) is 23.1. The van der Waals surface area contributed by atoms with Gasteiger partial charge in [0.15, 0.2) is 5.82 Å². The Kier molecular flexibility index (Phi) is 4.45. The quantitative estimate of drug-likeness (QED) is 0.163. The molecule has 0 fully saturated rings. The number of fused-ring (bicyclic) bond motifs is 2. The summed E-state index contributed by atoms with van der Waals surface area (Å²) < 4.78 is 2.37. The molecule has 8 aromatic carbocycles. The minimum absolute atomic E-state index is 0.846. The van der Waals surface area contributed by atoms with E-state index >= 15 is 0 Å². The second kappa shape index (κ2) is 8.37. The molecular weight excluding hydrogens is 522 g/mol. The van der Waals surface area contributed by atoms with Crippen molar-refractivity contribution in [3.05, 3.63) is 140 Å². The van der Waals surface area contributed by atoms with Gasteiger partial charge in [-0.25, -0.2) is 9.97 Å². The van der Waals surface area contributed by atoms with Crippen LogP contribution in [0.2, 0.25) is 0 Å². The van der Waals surface area contributed by atoms with E-state index in [1.54, 1.807) is 0 Å². The van der Waals surface area contributed by atoms with Crippen molar-refractivity contribution in [2.24, 2.45) is 0 Å². The lowest BCUT2D eigenvalue weighted by atomic mass is 9.88. The Morgan fingerprint density at radius 2 is 1.07 bits per heavy atom. The maximum absolute atomic E-state index is 5.37. The lowest BCUT2D eigenvalue weighted by molar-refractivity contribution is 1.08. The van der Waals surface area contributed by atoms with Crippen LogP contribution in [0, 0.1) is 0 Å². The Morgan fingerprint density at radius 1 is 0.395 bits per heavy atom. The molecular formula is C40H23N3. The third kappa shape index (κ3) is 3.08. The average Bonchev–Trinajstić information content (AvgIpc) is 3.42. The highest BCUT2D eigenvalue weighted by atomic mass is 15.1. The first-order valence-electron chi connectivity index (χ1n) is 14.7. The molecule has 10 rings (SSSR count). The van der Waals surface area contributed by atoms with Gasteiger partial charge in [-0.05, 0) is 68.4 Å². The summed E-state index contributed by atoms with van der Waals surface area (Å²) in [6.07, 6.45) is 0. The zero-order valence-corrected chi connectivity index (χ0v) is 23.1. The molecule has 3 heteroatoms. The van der Waals surface area contributed by atoms with E-state index in [2.05, 4.69) is 120 Å². The van der Waals surface area contributed by atoms with Crippen molar-refractivity contribution < 1.29 is 0 Å². The fourth-order valence-corrected chi connectivity index (χ4v) is 7.22. The van der Waals surface area contributed by atoms with Crippen LogP contribution in [-0.4, -0.2) is 14.5 Å². The van der Waals surface area contributed by atoms with Gasteiger partial charge in [0.2, 0.25) is 0 Å². The van der Waals surface area contributed by atoms with Crippen LogP contribution in [-0.2, 0) is 0 Å². The van der Waals surface area contributed by atoms with Crippen LogP contribution in [0.4, 0.5) is 0 Å². The number of aromatic nitrogens is 3. The van der Waals surface area contributed by atoms with Crippen LogP contribution in [0.3, 0.4) is 0 Å². The molecule has 0 atom stereocenters. The maximum atomic E-state index is 5.37. The van der Waals surface area contributed by atoms with Gasteiger partial charge in [0, 0.05) is 21.7 Å². The van der Waals surface area contributed by atoms with Crippen LogP contribution in [0.25, 0.3) is 93.4 Å². The van der Waals surface area contributed by atoms with Gasteiger partial charge >= 0.3 is 0 Å². The van der Waals surface area contributed by atoms with Crippen molar-refractivity contribution >= 4 is 65.2 Å². The van der Waals surface area contributed by atoms with E-state index in [9.17, 15) is 0 Å². The van der Waals surface area contributed by atoms with Crippen LogP contribution in [0.15, 0.2) is 140 Å². The van der Waals surface area contributed by atoms with E-state index in [-0.39, 0.29) is 0 Å². The molecule has 0 aliphatic carbocycles. The molecule has 0 spiro atoms. The van der Waals surface area contributed by atoms with Gasteiger partial charge in [-0.2, -0.15) is 0 Å². The van der Waals surface area contributed by atoms with E-state index in [1.807, 2.05) is 24.3 Å². The standard InChI is InChI=1S/C40H23N3/c1-3-10-24(11-4-1)28-22-30-29-15-9-14-25-18-19-26-20-21-33-38(36(26)35(25)29)37(30)34(23-28)43(33)40-39(27-12-5-2-6-13-27)41-31-16-7-8-17-32(31)42-40/h1-23H. The first kappa shape index (κ1) is 22.8. The molecule has 0 saturated carbocycles. The molecule has 0 saturated heterocycles. The summed E-state index contributed by atoms with van der Waals surface area (Å²) in [5, 5.41) is 10.3. The van der Waals surface area contributed by atoms with E-state index in [0.29, 0.717) is 0 Å². The molecule has 0 unspecified atom stereocenters. The van der Waals surface area contributed by atoms with Gasteiger partial charge < -0.3 is 0 Å². The lowest BCUT2D eigenvalue weighted by Gasteiger charge is -2.14. The Hall–Kier alpha value is -5.80. The summed E-state index contributed by atoms with van der Waals surface area (Å²) in [5.41, 5.74) is 8.38. The highest BCUT2D eigenvalue weighted by Gasteiger charge is 2.25. The van der Waals surface area contributed by atoms with Gasteiger partial charge in [0.1, 0.15) is 5.69 Å². The van der Waals surface area contributed by atoms with Crippen molar-refractivity contribution in [3.8, 4) is 28.2 Å². The highest BCUT2D eigenvalue weighted by Crippen LogP contribution is 2.48. The van der Waals surface area contributed by atoms with Crippen LogP contribution >= 0.6 is 0 Å². The lowest BCUT2D eigenvalue weighted by Crippen LogP contribution is -2.03. The first-order valence-corrected chi connectivity index (χ1v) is 14.7.